The second-order valence-electron chi connectivity index (χ2n) is 4.90. The number of pyridine rings is 1. The zero-order valence-electron chi connectivity index (χ0n) is 12.1. The van der Waals surface area contributed by atoms with E-state index in [9.17, 15) is 4.79 Å². The van der Waals surface area contributed by atoms with E-state index in [4.69, 9.17) is 0 Å². The first kappa shape index (κ1) is 14.5. The Balaban J connectivity index is 1.75. The predicted octanol–water partition coefficient (Wildman–Crippen LogP) is 2.55. The van der Waals surface area contributed by atoms with Gasteiger partial charge in [0.25, 0.3) is 5.91 Å². The molecule has 4 aromatic heterocycles. The van der Waals surface area contributed by atoms with E-state index in [0.29, 0.717) is 27.3 Å². The van der Waals surface area contributed by atoms with Crippen LogP contribution in [0.4, 0.5) is 5.69 Å². The number of carbonyl (C=O) groups is 1. The number of aromatic amines is 1. The first-order valence-electron chi connectivity index (χ1n) is 6.97. The van der Waals surface area contributed by atoms with Gasteiger partial charge in [-0.15, -0.1) is 0 Å². The standard InChI is InChI=1S/C15H10BrN7O/c16-11-2-1-9(7-19-11)20-14(24)13-12-10(3-4-18-12)21-15(22-13)23-6-5-17-8-23/h1-8,18H,(H,20,24). The average molecular weight is 384 g/mol. The first-order chi connectivity index (χ1) is 11.7. The van der Waals surface area contributed by atoms with Crippen LogP contribution >= 0.6 is 15.9 Å². The smallest absolute Gasteiger partial charge is 0.276 e. The van der Waals surface area contributed by atoms with Crippen LogP contribution in [0.15, 0.2) is 53.9 Å². The van der Waals surface area contributed by atoms with Crippen molar-refractivity contribution in [2.24, 2.45) is 0 Å². The van der Waals surface area contributed by atoms with Crippen LogP contribution < -0.4 is 5.32 Å². The normalized spacial score (nSPS) is 10.9. The summed E-state index contributed by atoms with van der Waals surface area (Å²) in [6.07, 6.45) is 8.20. The maximum atomic E-state index is 12.6. The summed E-state index contributed by atoms with van der Waals surface area (Å²) < 4.78 is 2.33. The quantitative estimate of drug-likeness (QED) is 0.529. The molecule has 4 aromatic rings. The molecular weight excluding hydrogens is 374 g/mol. The molecule has 24 heavy (non-hydrogen) atoms. The summed E-state index contributed by atoms with van der Waals surface area (Å²) in [6.45, 7) is 0. The van der Waals surface area contributed by atoms with Gasteiger partial charge in [0.1, 0.15) is 10.9 Å². The number of halogens is 1. The minimum atomic E-state index is -0.352. The van der Waals surface area contributed by atoms with E-state index in [1.165, 1.54) is 0 Å². The molecule has 0 radical (unpaired) electrons. The Kier molecular flexibility index (Phi) is 3.54. The van der Waals surface area contributed by atoms with Crippen molar-refractivity contribution >= 4 is 38.6 Å². The third-order valence-electron chi connectivity index (χ3n) is 3.33. The van der Waals surface area contributed by atoms with Crippen LogP contribution in [-0.4, -0.2) is 35.4 Å². The molecule has 9 heteroatoms. The fourth-order valence-corrected chi connectivity index (χ4v) is 2.46. The molecule has 0 bridgehead atoms. The Labute approximate surface area is 144 Å². The molecule has 0 saturated heterocycles. The number of fused-ring (bicyclic) bond motifs is 1. The fraction of sp³-hybridized carbons (Fsp3) is 0. The van der Waals surface area contributed by atoms with Crippen LogP contribution in [0.2, 0.25) is 0 Å². The summed E-state index contributed by atoms with van der Waals surface area (Å²) >= 11 is 3.26. The average Bonchev–Trinajstić information content (AvgIpc) is 3.27. The van der Waals surface area contributed by atoms with Crippen molar-refractivity contribution in [3.63, 3.8) is 0 Å². The first-order valence-corrected chi connectivity index (χ1v) is 7.76. The number of carbonyl (C=O) groups excluding carboxylic acids is 1. The number of nitrogens with zero attached hydrogens (tertiary/aromatic N) is 5. The van der Waals surface area contributed by atoms with Crippen LogP contribution in [0, 0.1) is 0 Å². The number of nitrogens with one attached hydrogen (secondary N) is 2. The lowest BCUT2D eigenvalue weighted by Crippen LogP contribution is -2.16. The van der Waals surface area contributed by atoms with Gasteiger partial charge in [0.05, 0.1) is 22.9 Å². The fourth-order valence-electron chi connectivity index (χ4n) is 2.23. The Morgan fingerprint density at radius 2 is 2.17 bits per heavy atom. The van der Waals surface area contributed by atoms with E-state index in [1.54, 1.807) is 53.9 Å². The molecule has 0 aliphatic heterocycles. The van der Waals surface area contributed by atoms with Gasteiger partial charge >= 0.3 is 0 Å². The minimum absolute atomic E-state index is 0.247. The van der Waals surface area contributed by atoms with E-state index in [1.807, 2.05) is 0 Å². The molecule has 4 heterocycles. The highest BCUT2D eigenvalue weighted by molar-refractivity contribution is 9.10. The van der Waals surface area contributed by atoms with Gasteiger partial charge in [-0.2, -0.15) is 0 Å². The van der Waals surface area contributed by atoms with Gasteiger partial charge in [-0.3, -0.25) is 9.36 Å². The van der Waals surface area contributed by atoms with Gasteiger partial charge < -0.3 is 10.3 Å². The van der Waals surface area contributed by atoms with Gasteiger partial charge in [-0.05, 0) is 34.1 Å². The molecule has 0 spiro atoms. The summed E-state index contributed by atoms with van der Waals surface area (Å²) in [5, 5.41) is 2.78. The lowest BCUT2D eigenvalue weighted by atomic mass is 10.3. The Hall–Kier alpha value is -3.07. The Morgan fingerprint density at radius 3 is 2.92 bits per heavy atom. The van der Waals surface area contributed by atoms with Crippen molar-refractivity contribution in [2.75, 3.05) is 5.32 Å². The molecular formula is C15H10BrN7O. The monoisotopic (exact) mass is 383 g/mol. The number of amides is 1. The van der Waals surface area contributed by atoms with E-state index in [-0.39, 0.29) is 11.6 Å². The lowest BCUT2D eigenvalue weighted by Gasteiger charge is -2.07. The summed E-state index contributed by atoms with van der Waals surface area (Å²) in [5.74, 6) is 0.0222. The molecule has 0 aromatic carbocycles. The number of anilines is 1. The van der Waals surface area contributed by atoms with Gasteiger partial charge in [0.2, 0.25) is 5.95 Å². The van der Waals surface area contributed by atoms with Crippen LogP contribution in [0.3, 0.4) is 0 Å². The molecule has 4 rings (SSSR count). The summed E-state index contributed by atoms with van der Waals surface area (Å²) in [6, 6.07) is 5.28. The number of H-pyrrole nitrogens is 1. The van der Waals surface area contributed by atoms with Gasteiger partial charge in [-0.1, -0.05) is 0 Å². The van der Waals surface area contributed by atoms with E-state index >= 15 is 0 Å². The molecule has 0 unspecified atom stereocenters. The highest BCUT2D eigenvalue weighted by atomic mass is 79.9. The molecule has 118 valence electrons. The predicted molar refractivity (Wildman–Crippen MR) is 90.9 cm³/mol. The summed E-state index contributed by atoms with van der Waals surface area (Å²) in [7, 11) is 0. The molecule has 0 aliphatic carbocycles. The van der Waals surface area contributed by atoms with Crippen molar-refractivity contribution in [1.29, 1.82) is 0 Å². The van der Waals surface area contributed by atoms with E-state index in [0.717, 1.165) is 0 Å². The minimum Gasteiger partial charge on any atom is -0.358 e. The Morgan fingerprint density at radius 1 is 1.25 bits per heavy atom. The zero-order valence-corrected chi connectivity index (χ0v) is 13.7. The second kappa shape index (κ2) is 5.85. The number of imidazole rings is 1. The molecule has 0 saturated carbocycles. The summed E-state index contributed by atoms with van der Waals surface area (Å²) in [5.41, 5.74) is 2.04. The van der Waals surface area contributed by atoms with Crippen molar-refractivity contribution in [1.82, 2.24) is 29.5 Å². The molecule has 0 fully saturated rings. The molecule has 1 amide bonds. The maximum Gasteiger partial charge on any atom is 0.276 e. The molecule has 0 atom stereocenters. The third kappa shape index (κ3) is 2.65. The Bertz CT molecular complexity index is 1010. The van der Waals surface area contributed by atoms with Gasteiger partial charge in [0.15, 0.2) is 5.69 Å². The molecule has 0 aliphatic rings. The van der Waals surface area contributed by atoms with Gasteiger partial charge in [-0.25, -0.2) is 19.9 Å². The van der Waals surface area contributed by atoms with Crippen LogP contribution in [-0.2, 0) is 0 Å². The molecule has 8 nitrogen and oxygen atoms in total. The third-order valence-corrected chi connectivity index (χ3v) is 3.80. The van der Waals surface area contributed by atoms with Crippen LogP contribution in [0.1, 0.15) is 10.5 Å². The van der Waals surface area contributed by atoms with Crippen molar-refractivity contribution in [2.45, 2.75) is 0 Å². The number of rotatable bonds is 3. The van der Waals surface area contributed by atoms with E-state index in [2.05, 4.69) is 46.2 Å². The zero-order chi connectivity index (χ0) is 16.5. The highest BCUT2D eigenvalue weighted by Crippen LogP contribution is 2.18. The van der Waals surface area contributed by atoms with Crippen LogP contribution in [0.25, 0.3) is 17.0 Å². The van der Waals surface area contributed by atoms with Crippen LogP contribution in [0.5, 0.6) is 0 Å². The van der Waals surface area contributed by atoms with Crippen molar-refractivity contribution in [3.8, 4) is 5.95 Å². The maximum absolute atomic E-state index is 12.6. The second-order valence-corrected chi connectivity index (χ2v) is 5.72. The van der Waals surface area contributed by atoms with Crippen molar-refractivity contribution < 1.29 is 4.79 Å². The topological polar surface area (TPSA) is 101 Å². The lowest BCUT2D eigenvalue weighted by molar-refractivity contribution is 0.102. The number of hydrogen-bond donors (Lipinski definition) is 2. The SMILES string of the molecule is O=C(Nc1ccc(Br)nc1)c1nc(-n2ccnc2)nc2cc[nH]c12. The van der Waals surface area contributed by atoms with E-state index < -0.39 is 0 Å². The largest absolute Gasteiger partial charge is 0.358 e. The van der Waals surface area contributed by atoms with Crippen molar-refractivity contribution in [3.05, 3.63) is 59.6 Å². The highest BCUT2D eigenvalue weighted by Gasteiger charge is 2.17. The summed E-state index contributed by atoms with van der Waals surface area (Å²) in [4.78, 5) is 32.5. The number of aromatic nitrogens is 6. The van der Waals surface area contributed by atoms with Gasteiger partial charge in [0, 0.05) is 18.6 Å². The number of hydrogen-bond acceptors (Lipinski definition) is 5. The molecule has 2 N–H and O–H groups in total.